The topological polar surface area (TPSA) is 42.2 Å². The van der Waals surface area contributed by atoms with Gasteiger partial charge >= 0.3 is 0 Å². The van der Waals surface area contributed by atoms with Crippen molar-refractivity contribution in [1.29, 1.82) is 0 Å². The highest BCUT2D eigenvalue weighted by Gasteiger charge is 2.17. The minimum Gasteiger partial charge on any atom is -0.329 e. The zero-order valence-corrected chi connectivity index (χ0v) is 12.8. The normalized spacial score (nSPS) is 12.7. The molecule has 1 atom stereocenters. The first-order valence-electron chi connectivity index (χ1n) is 6.36. The van der Waals surface area contributed by atoms with Crippen LogP contribution in [0.3, 0.4) is 0 Å². The molecular weight excluding hydrogens is 321 g/mol. The summed E-state index contributed by atoms with van der Waals surface area (Å²) in [4.78, 5) is 6.24. The zero-order valence-electron chi connectivity index (χ0n) is 11.3. The Morgan fingerprint density at radius 3 is 2.80 bits per heavy atom. The Bertz CT molecular complexity index is 562. The van der Waals surface area contributed by atoms with Crippen LogP contribution >= 0.6 is 15.9 Å². The molecule has 0 saturated heterocycles. The average molecular weight is 338 g/mol. The van der Waals surface area contributed by atoms with Gasteiger partial charge in [0.2, 0.25) is 0 Å². The number of halogens is 2. The lowest BCUT2D eigenvalue weighted by atomic mass is 10.1. The van der Waals surface area contributed by atoms with Gasteiger partial charge in [0.05, 0.1) is 4.47 Å². The van der Waals surface area contributed by atoms with Gasteiger partial charge in [-0.1, -0.05) is 12.1 Å². The molecule has 0 spiro atoms. The van der Waals surface area contributed by atoms with Gasteiger partial charge < -0.3 is 5.73 Å². The molecule has 1 unspecified atom stereocenters. The summed E-state index contributed by atoms with van der Waals surface area (Å²) in [6.45, 7) is 1.21. The van der Waals surface area contributed by atoms with Crippen molar-refractivity contribution in [2.24, 2.45) is 5.73 Å². The first-order valence-corrected chi connectivity index (χ1v) is 7.15. The van der Waals surface area contributed by atoms with E-state index >= 15 is 0 Å². The number of hydrogen-bond acceptors (Lipinski definition) is 3. The summed E-state index contributed by atoms with van der Waals surface area (Å²) >= 11 is 3.22. The van der Waals surface area contributed by atoms with Crippen LogP contribution in [0.1, 0.15) is 17.2 Å². The van der Waals surface area contributed by atoms with E-state index in [0.717, 1.165) is 17.7 Å². The molecule has 5 heteroatoms. The van der Waals surface area contributed by atoms with E-state index in [1.54, 1.807) is 18.3 Å². The highest BCUT2D eigenvalue weighted by atomic mass is 79.9. The number of nitrogens with two attached hydrogens (primary N) is 1. The number of nitrogens with zero attached hydrogens (tertiary/aromatic N) is 2. The molecular formula is C15H17BrFN3. The van der Waals surface area contributed by atoms with Gasteiger partial charge in [-0.05, 0) is 52.3 Å². The molecule has 1 aromatic heterocycles. The number of pyridine rings is 1. The van der Waals surface area contributed by atoms with Crippen molar-refractivity contribution in [2.45, 2.75) is 12.6 Å². The highest BCUT2D eigenvalue weighted by molar-refractivity contribution is 9.10. The maximum Gasteiger partial charge on any atom is 0.137 e. The van der Waals surface area contributed by atoms with E-state index in [9.17, 15) is 4.39 Å². The number of aromatic nitrogens is 1. The molecule has 2 aromatic rings. The number of hydrogen-bond donors (Lipinski definition) is 1. The molecule has 2 N–H and O–H groups in total. The van der Waals surface area contributed by atoms with Crippen LogP contribution in [-0.2, 0) is 6.54 Å². The summed E-state index contributed by atoms with van der Waals surface area (Å²) in [5.41, 5.74) is 7.99. The van der Waals surface area contributed by atoms with Crippen LogP contribution in [0.25, 0.3) is 0 Å². The molecule has 0 amide bonds. The maximum absolute atomic E-state index is 13.3. The van der Waals surface area contributed by atoms with E-state index in [1.807, 2.05) is 25.4 Å². The second-order valence-electron chi connectivity index (χ2n) is 4.70. The second kappa shape index (κ2) is 6.92. The summed E-state index contributed by atoms with van der Waals surface area (Å²) in [5.74, 6) is -0.264. The summed E-state index contributed by atoms with van der Waals surface area (Å²) in [6, 6.07) is 8.99. The smallest absolute Gasteiger partial charge is 0.137 e. The van der Waals surface area contributed by atoms with Crippen LogP contribution in [0.2, 0.25) is 0 Å². The van der Waals surface area contributed by atoms with Crippen molar-refractivity contribution < 1.29 is 4.39 Å². The Morgan fingerprint density at radius 2 is 2.20 bits per heavy atom. The third-order valence-electron chi connectivity index (χ3n) is 3.24. The van der Waals surface area contributed by atoms with Gasteiger partial charge in [-0.15, -0.1) is 0 Å². The van der Waals surface area contributed by atoms with E-state index < -0.39 is 0 Å². The monoisotopic (exact) mass is 337 g/mol. The molecule has 2 rings (SSSR count). The lowest BCUT2D eigenvalue weighted by Gasteiger charge is -2.27. The largest absolute Gasteiger partial charge is 0.329 e. The minimum absolute atomic E-state index is 0.0344. The SMILES string of the molecule is CN(Cc1cccnc1)C(CN)c1ccc(F)c(Br)c1. The predicted molar refractivity (Wildman–Crippen MR) is 81.6 cm³/mol. The molecule has 1 heterocycles. The summed E-state index contributed by atoms with van der Waals surface area (Å²) in [6.07, 6.45) is 3.59. The minimum atomic E-state index is -0.264. The lowest BCUT2D eigenvalue weighted by Crippen LogP contribution is -2.30. The Labute approximate surface area is 126 Å². The third kappa shape index (κ3) is 3.62. The Balaban J connectivity index is 2.16. The second-order valence-corrected chi connectivity index (χ2v) is 5.56. The van der Waals surface area contributed by atoms with Crippen LogP contribution in [0.15, 0.2) is 47.2 Å². The maximum atomic E-state index is 13.3. The molecule has 20 heavy (non-hydrogen) atoms. The van der Waals surface area contributed by atoms with E-state index in [-0.39, 0.29) is 11.9 Å². The predicted octanol–water partition coefficient (Wildman–Crippen LogP) is 3.12. The van der Waals surface area contributed by atoms with Gasteiger partial charge in [0.25, 0.3) is 0 Å². The van der Waals surface area contributed by atoms with Crippen LogP contribution in [0.5, 0.6) is 0 Å². The van der Waals surface area contributed by atoms with Crippen molar-refractivity contribution in [2.75, 3.05) is 13.6 Å². The lowest BCUT2D eigenvalue weighted by molar-refractivity contribution is 0.241. The molecule has 106 valence electrons. The zero-order chi connectivity index (χ0) is 14.5. The first kappa shape index (κ1) is 15.1. The number of rotatable bonds is 5. The fraction of sp³-hybridized carbons (Fsp3) is 0.267. The fourth-order valence-electron chi connectivity index (χ4n) is 2.18. The van der Waals surface area contributed by atoms with Crippen LogP contribution in [0.4, 0.5) is 4.39 Å². The van der Waals surface area contributed by atoms with E-state index in [2.05, 4.69) is 25.8 Å². The summed E-state index contributed by atoms with van der Waals surface area (Å²) in [5, 5.41) is 0. The van der Waals surface area contributed by atoms with Crippen molar-refractivity contribution in [3.05, 3.63) is 64.1 Å². The molecule has 0 saturated carbocycles. The van der Waals surface area contributed by atoms with Gasteiger partial charge in [-0.3, -0.25) is 9.88 Å². The van der Waals surface area contributed by atoms with Gasteiger partial charge in [0, 0.05) is 31.5 Å². The van der Waals surface area contributed by atoms with Gasteiger partial charge in [-0.25, -0.2) is 4.39 Å². The molecule has 0 radical (unpaired) electrons. The Morgan fingerprint density at radius 1 is 1.40 bits per heavy atom. The molecule has 1 aromatic carbocycles. The van der Waals surface area contributed by atoms with Crippen molar-refractivity contribution >= 4 is 15.9 Å². The standard InChI is InChI=1S/C15H17BrFN3/c1-20(10-11-3-2-6-19-9-11)15(8-18)12-4-5-14(17)13(16)7-12/h2-7,9,15H,8,10,18H2,1H3. The molecule has 0 aliphatic rings. The van der Waals surface area contributed by atoms with Crippen LogP contribution < -0.4 is 5.73 Å². The van der Waals surface area contributed by atoms with Crippen LogP contribution in [0, 0.1) is 5.82 Å². The van der Waals surface area contributed by atoms with Crippen molar-refractivity contribution in [3.8, 4) is 0 Å². The molecule has 3 nitrogen and oxygen atoms in total. The van der Waals surface area contributed by atoms with Crippen molar-refractivity contribution in [1.82, 2.24) is 9.88 Å². The van der Waals surface area contributed by atoms with E-state index in [0.29, 0.717) is 11.0 Å². The fourth-order valence-corrected chi connectivity index (χ4v) is 2.58. The van der Waals surface area contributed by atoms with E-state index in [4.69, 9.17) is 5.73 Å². The van der Waals surface area contributed by atoms with Crippen molar-refractivity contribution in [3.63, 3.8) is 0 Å². The Hall–Kier alpha value is -1.30. The van der Waals surface area contributed by atoms with Gasteiger partial charge in [0.15, 0.2) is 0 Å². The van der Waals surface area contributed by atoms with E-state index in [1.165, 1.54) is 6.07 Å². The van der Waals surface area contributed by atoms with Gasteiger partial charge in [-0.2, -0.15) is 0 Å². The molecule has 0 aliphatic heterocycles. The molecule has 0 fully saturated rings. The quantitative estimate of drug-likeness (QED) is 0.911. The summed E-state index contributed by atoms with van der Waals surface area (Å²) in [7, 11) is 2.00. The summed E-state index contributed by atoms with van der Waals surface area (Å²) < 4.78 is 13.8. The third-order valence-corrected chi connectivity index (χ3v) is 3.85. The highest BCUT2D eigenvalue weighted by Crippen LogP contribution is 2.25. The number of likely N-dealkylation sites (N-methyl/N-ethyl adjacent to an activating group) is 1. The molecule has 0 aliphatic carbocycles. The average Bonchev–Trinajstić information content (AvgIpc) is 2.44. The molecule has 0 bridgehead atoms. The first-order chi connectivity index (χ1) is 9.61. The van der Waals surface area contributed by atoms with Crippen LogP contribution in [-0.4, -0.2) is 23.5 Å². The number of benzene rings is 1. The van der Waals surface area contributed by atoms with Gasteiger partial charge in [0.1, 0.15) is 5.82 Å². The Kier molecular flexibility index (Phi) is 5.23.